The Balaban J connectivity index is 1.37. The lowest BCUT2D eigenvalue weighted by atomic mass is 9.94. The van der Waals surface area contributed by atoms with Crippen LogP contribution in [0.1, 0.15) is 45.6 Å². The van der Waals surface area contributed by atoms with E-state index < -0.39 is 0 Å². The van der Waals surface area contributed by atoms with E-state index in [0.29, 0.717) is 45.0 Å². The lowest BCUT2D eigenvalue weighted by Gasteiger charge is -2.35. The zero-order valence-electron chi connectivity index (χ0n) is 21.4. The van der Waals surface area contributed by atoms with Crippen LogP contribution in [0.3, 0.4) is 0 Å². The number of morpholine rings is 1. The van der Waals surface area contributed by atoms with Gasteiger partial charge in [0.1, 0.15) is 4.83 Å². The van der Waals surface area contributed by atoms with Gasteiger partial charge in [-0.25, -0.2) is 4.98 Å². The Morgan fingerprint density at radius 1 is 1.03 bits per heavy atom. The first-order valence-electron chi connectivity index (χ1n) is 12.6. The highest BCUT2D eigenvalue weighted by molar-refractivity contribution is 7.13. The molecular formula is C27H33N5O3S. The molecule has 190 valence electrons. The molecule has 0 bridgehead atoms. The predicted octanol–water partition coefficient (Wildman–Crippen LogP) is 4.25. The van der Waals surface area contributed by atoms with Gasteiger partial charge in [0.2, 0.25) is 5.91 Å². The second kappa shape index (κ2) is 10.1. The normalized spacial score (nSPS) is 17.0. The van der Waals surface area contributed by atoms with E-state index in [2.05, 4.69) is 38.6 Å². The molecule has 2 aliphatic heterocycles. The Kier molecular flexibility index (Phi) is 6.94. The number of aromatic nitrogens is 2. The summed E-state index contributed by atoms with van der Waals surface area (Å²) in [7, 11) is 0. The predicted molar refractivity (Wildman–Crippen MR) is 143 cm³/mol. The van der Waals surface area contributed by atoms with Gasteiger partial charge in [-0.05, 0) is 63.2 Å². The van der Waals surface area contributed by atoms with Crippen molar-refractivity contribution in [2.75, 3.05) is 49.6 Å². The molecule has 0 saturated carbocycles. The maximum atomic E-state index is 13.5. The molecule has 2 saturated heterocycles. The molecular weight excluding hydrogens is 474 g/mol. The molecule has 5 rings (SSSR count). The number of pyridine rings is 1. The van der Waals surface area contributed by atoms with Gasteiger partial charge in [-0.3, -0.25) is 9.59 Å². The number of ether oxygens (including phenoxy) is 1. The average molecular weight is 508 g/mol. The van der Waals surface area contributed by atoms with Gasteiger partial charge >= 0.3 is 0 Å². The number of rotatable bonds is 4. The summed E-state index contributed by atoms with van der Waals surface area (Å²) in [6.07, 6.45) is 3.15. The number of carbonyl (C=O) groups is 2. The zero-order valence-corrected chi connectivity index (χ0v) is 22.2. The topological polar surface area (TPSA) is 87.7 Å². The molecule has 0 atom stereocenters. The molecule has 3 aromatic rings. The van der Waals surface area contributed by atoms with Crippen LogP contribution in [0.4, 0.5) is 11.4 Å². The molecule has 0 aliphatic carbocycles. The average Bonchev–Trinajstić information content (AvgIpc) is 3.26. The lowest BCUT2D eigenvalue weighted by molar-refractivity contribution is -0.120. The highest BCUT2D eigenvalue weighted by Gasteiger charge is 2.31. The lowest BCUT2D eigenvalue weighted by Crippen LogP contribution is -2.42. The van der Waals surface area contributed by atoms with Gasteiger partial charge < -0.3 is 19.9 Å². The van der Waals surface area contributed by atoms with E-state index in [1.807, 2.05) is 25.7 Å². The largest absolute Gasteiger partial charge is 0.378 e. The maximum Gasteiger partial charge on any atom is 0.257 e. The Morgan fingerprint density at radius 2 is 1.69 bits per heavy atom. The fourth-order valence-corrected chi connectivity index (χ4v) is 6.18. The number of anilines is 2. The third kappa shape index (κ3) is 4.69. The Hall–Kier alpha value is -3.04. The molecule has 2 aliphatic rings. The molecule has 2 fully saturated rings. The first-order chi connectivity index (χ1) is 17.3. The van der Waals surface area contributed by atoms with E-state index in [4.69, 9.17) is 4.74 Å². The standard InChI is InChI=1S/C27H33N5O3S/c1-16-13-17(2)23(18(3)14-16)29-25(33)20-5-7-31(8-6-20)24-21(27(34)32-9-11-35-12-10-32)15-28-26-22(24)19(4)30-36-26/h13-15,20H,5-12H2,1-4H3,(H,29,33). The fourth-order valence-electron chi connectivity index (χ4n) is 5.43. The molecule has 1 aromatic carbocycles. The van der Waals surface area contributed by atoms with Crippen molar-refractivity contribution in [2.45, 2.75) is 40.5 Å². The van der Waals surface area contributed by atoms with Crippen molar-refractivity contribution in [2.24, 2.45) is 5.92 Å². The molecule has 4 heterocycles. The van der Waals surface area contributed by atoms with Crippen LogP contribution in [0, 0.1) is 33.6 Å². The molecule has 8 nitrogen and oxygen atoms in total. The first-order valence-corrected chi connectivity index (χ1v) is 13.4. The second-order valence-electron chi connectivity index (χ2n) is 9.90. The van der Waals surface area contributed by atoms with Crippen LogP contribution in [0.25, 0.3) is 10.2 Å². The van der Waals surface area contributed by atoms with E-state index in [9.17, 15) is 9.59 Å². The molecule has 2 amide bonds. The first kappa shape index (κ1) is 24.6. The summed E-state index contributed by atoms with van der Waals surface area (Å²) >= 11 is 1.36. The molecule has 0 radical (unpaired) electrons. The summed E-state index contributed by atoms with van der Waals surface area (Å²) in [6, 6.07) is 4.20. The van der Waals surface area contributed by atoms with E-state index in [0.717, 1.165) is 51.3 Å². The van der Waals surface area contributed by atoms with E-state index in [1.54, 1.807) is 6.20 Å². The van der Waals surface area contributed by atoms with E-state index in [-0.39, 0.29) is 17.7 Å². The van der Waals surface area contributed by atoms with Gasteiger partial charge in [0, 0.05) is 44.0 Å². The number of nitrogens with one attached hydrogen (secondary N) is 1. The smallest absolute Gasteiger partial charge is 0.257 e. The summed E-state index contributed by atoms with van der Waals surface area (Å²) in [4.78, 5) is 36.2. The summed E-state index contributed by atoms with van der Waals surface area (Å²) in [5.74, 6) is -0.0140. The van der Waals surface area contributed by atoms with Crippen LogP contribution in [0.15, 0.2) is 18.3 Å². The molecule has 1 N–H and O–H groups in total. The molecule has 0 spiro atoms. The van der Waals surface area contributed by atoms with Gasteiger partial charge in [0.05, 0.1) is 35.5 Å². The van der Waals surface area contributed by atoms with Crippen molar-refractivity contribution >= 4 is 44.9 Å². The summed E-state index contributed by atoms with van der Waals surface area (Å²) < 4.78 is 9.96. The number of carbonyl (C=O) groups excluding carboxylic acids is 2. The maximum absolute atomic E-state index is 13.5. The number of hydrogen-bond acceptors (Lipinski definition) is 7. The minimum Gasteiger partial charge on any atom is -0.378 e. The summed E-state index contributed by atoms with van der Waals surface area (Å²) in [5, 5.41) is 4.14. The number of hydrogen-bond donors (Lipinski definition) is 1. The van der Waals surface area contributed by atoms with Crippen LogP contribution in [0.5, 0.6) is 0 Å². The van der Waals surface area contributed by atoms with E-state index >= 15 is 0 Å². The van der Waals surface area contributed by atoms with Gasteiger partial charge in [0.15, 0.2) is 0 Å². The van der Waals surface area contributed by atoms with Gasteiger partial charge in [0.25, 0.3) is 5.91 Å². The van der Waals surface area contributed by atoms with Crippen molar-refractivity contribution in [1.82, 2.24) is 14.3 Å². The number of aryl methyl sites for hydroxylation is 4. The Bertz CT molecular complexity index is 1280. The van der Waals surface area contributed by atoms with Crippen LogP contribution in [0.2, 0.25) is 0 Å². The van der Waals surface area contributed by atoms with Crippen molar-refractivity contribution in [1.29, 1.82) is 0 Å². The van der Waals surface area contributed by atoms with Crippen LogP contribution < -0.4 is 10.2 Å². The van der Waals surface area contributed by atoms with Crippen LogP contribution in [-0.2, 0) is 9.53 Å². The van der Waals surface area contributed by atoms with Crippen LogP contribution >= 0.6 is 11.5 Å². The van der Waals surface area contributed by atoms with Crippen molar-refractivity contribution in [3.05, 3.63) is 46.3 Å². The number of fused-ring (bicyclic) bond motifs is 1. The Labute approximate surface area is 215 Å². The SMILES string of the molecule is Cc1cc(C)c(NC(=O)C2CCN(c3c(C(=O)N4CCOCC4)cnc4snc(C)c34)CC2)c(C)c1. The van der Waals surface area contributed by atoms with Crippen LogP contribution in [-0.4, -0.2) is 65.5 Å². The summed E-state index contributed by atoms with van der Waals surface area (Å²) in [6.45, 7) is 11.8. The minimum absolute atomic E-state index is 0.0153. The van der Waals surface area contributed by atoms with Gasteiger partial charge in [-0.15, -0.1) is 0 Å². The number of benzene rings is 1. The molecule has 2 aromatic heterocycles. The molecule has 9 heteroatoms. The monoisotopic (exact) mass is 507 g/mol. The van der Waals surface area contributed by atoms with Crippen molar-refractivity contribution in [3.63, 3.8) is 0 Å². The number of nitrogens with zero attached hydrogens (tertiary/aromatic N) is 4. The molecule has 36 heavy (non-hydrogen) atoms. The number of piperidine rings is 1. The minimum atomic E-state index is -0.0706. The van der Waals surface area contributed by atoms with E-state index in [1.165, 1.54) is 17.1 Å². The zero-order chi connectivity index (χ0) is 25.4. The van der Waals surface area contributed by atoms with Gasteiger partial charge in [-0.1, -0.05) is 17.7 Å². The fraction of sp³-hybridized carbons (Fsp3) is 0.481. The highest BCUT2D eigenvalue weighted by Crippen LogP contribution is 2.37. The number of amides is 2. The van der Waals surface area contributed by atoms with Gasteiger partial charge in [-0.2, -0.15) is 4.37 Å². The third-order valence-electron chi connectivity index (χ3n) is 7.28. The second-order valence-corrected chi connectivity index (χ2v) is 10.6. The Morgan fingerprint density at radius 3 is 2.36 bits per heavy atom. The quantitative estimate of drug-likeness (QED) is 0.568. The highest BCUT2D eigenvalue weighted by atomic mass is 32.1. The molecule has 0 unspecified atom stereocenters. The van der Waals surface area contributed by atoms with Crippen molar-refractivity contribution < 1.29 is 14.3 Å². The van der Waals surface area contributed by atoms with Crippen molar-refractivity contribution in [3.8, 4) is 0 Å². The third-order valence-corrected chi connectivity index (χ3v) is 8.13. The summed E-state index contributed by atoms with van der Waals surface area (Å²) in [5.41, 5.74) is 6.70.